The van der Waals surface area contributed by atoms with Crippen molar-refractivity contribution in [1.82, 2.24) is 9.97 Å². The quantitative estimate of drug-likeness (QED) is 0.916. The molecule has 0 radical (unpaired) electrons. The summed E-state index contributed by atoms with van der Waals surface area (Å²) in [6, 6.07) is -0.217. The molecule has 0 bridgehead atoms. The van der Waals surface area contributed by atoms with Gasteiger partial charge in [-0.05, 0) is 12.8 Å². The topological polar surface area (TPSA) is 66.3 Å². The number of aromatic carboxylic acids is 1. The zero-order valence-electron chi connectivity index (χ0n) is 11.0. The molecule has 22 heavy (non-hydrogen) atoms. The molecule has 1 atom stereocenters. The normalized spacial score (nSPS) is 18.9. The van der Waals surface area contributed by atoms with E-state index in [9.17, 15) is 18.0 Å². The van der Waals surface area contributed by atoms with Gasteiger partial charge in [0.1, 0.15) is 9.88 Å². The zero-order chi connectivity index (χ0) is 15.9. The molecule has 0 amide bonds. The number of carbonyl (C=O) groups is 1. The Morgan fingerprint density at radius 2 is 2.23 bits per heavy atom. The first kappa shape index (κ1) is 15.2. The summed E-state index contributed by atoms with van der Waals surface area (Å²) >= 11 is 1.81. The summed E-state index contributed by atoms with van der Waals surface area (Å²) < 4.78 is 38.0. The minimum Gasteiger partial charge on any atom is -0.476 e. The van der Waals surface area contributed by atoms with Crippen molar-refractivity contribution in [1.29, 1.82) is 0 Å². The van der Waals surface area contributed by atoms with Crippen molar-refractivity contribution >= 4 is 33.8 Å². The van der Waals surface area contributed by atoms with E-state index in [1.54, 1.807) is 4.90 Å². The Bertz CT molecular complexity index is 698. The van der Waals surface area contributed by atoms with E-state index in [-0.39, 0.29) is 11.7 Å². The molecule has 1 fully saturated rings. The predicted molar refractivity (Wildman–Crippen MR) is 75.5 cm³/mol. The van der Waals surface area contributed by atoms with E-state index in [1.807, 2.05) is 0 Å². The maximum atomic E-state index is 12.7. The molecule has 1 saturated heterocycles. The summed E-state index contributed by atoms with van der Waals surface area (Å²) in [5.74, 6) is -1.11. The van der Waals surface area contributed by atoms with Crippen LogP contribution < -0.4 is 4.90 Å². The Balaban J connectivity index is 1.86. The van der Waals surface area contributed by atoms with Gasteiger partial charge in [0, 0.05) is 11.9 Å². The van der Waals surface area contributed by atoms with Crippen LogP contribution in [-0.4, -0.2) is 27.6 Å². The van der Waals surface area contributed by atoms with Crippen molar-refractivity contribution in [2.75, 3.05) is 11.4 Å². The molecule has 0 unspecified atom stereocenters. The van der Waals surface area contributed by atoms with E-state index in [2.05, 4.69) is 9.97 Å². The molecule has 5 nitrogen and oxygen atoms in total. The van der Waals surface area contributed by atoms with Gasteiger partial charge in [0.25, 0.3) is 0 Å². The number of aromatic nitrogens is 2. The number of rotatable bonds is 3. The predicted octanol–water partition coefficient (Wildman–Crippen LogP) is 3.66. The van der Waals surface area contributed by atoms with E-state index in [4.69, 9.17) is 5.11 Å². The average Bonchev–Trinajstić information content (AvgIpc) is 3.17. The third-order valence-corrected chi connectivity index (χ3v) is 5.32. The lowest BCUT2D eigenvalue weighted by Crippen LogP contribution is -2.22. The van der Waals surface area contributed by atoms with Crippen LogP contribution in [0.25, 0.3) is 0 Å². The molecular weight excluding hydrogens is 339 g/mol. The van der Waals surface area contributed by atoms with Gasteiger partial charge in [-0.1, -0.05) is 11.3 Å². The van der Waals surface area contributed by atoms with Crippen LogP contribution in [0.2, 0.25) is 0 Å². The number of carboxylic acid groups (broad SMARTS) is 1. The second-order valence-corrected chi connectivity index (χ2v) is 6.63. The molecule has 2 aromatic rings. The lowest BCUT2D eigenvalue weighted by molar-refractivity contribution is -0.134. The highest BCUT2D eigenvalue weighted by atomic mass is 32.1. The fourth-order valence-corrected chi connectivity index (χ4v) is 4.12. The van der Waals surface area contributed by atoms with Crippen LogP contribution in [0.4, 0.5) is 18.3 Å². The zero-order valence-corrected chi connectivity index (χ0v) is 12.6. The first-order valence-corrected chi connectivity index (χ1v) is 8.04. The smallest absolute Gasteiger partial charge is 0.427 e. The number of carboxylic acids is 1. The fourth-order valence-electron chi connectivity index (χ4n) is 2.32. The third kappa shape index (κ3) is 2.80. The second-order valence-electron chi connectivity index (χ2n) is 4.73. The number of alkyl halides is 3. The van der Waals surface area contributed by atoms with Crippen molar-refractivity contribution in [3.05, 3.63) is 27.2 Å². The van der Waals surface area contributed by atoms with Gasteiger partial charge in [-0.3, -0.25) is 0 Å². The summed E-state index contributed by atoms with van der Waals surface area (Å²) in [5.41, 5.74) is -0.0398. The van der Waals surface area contributed by atoms with Gasteiger partial charge in [0.05, 0.1) is 12.2 Å². The lowest BCUT2D eigenvalue weighted by atomic mass is 10.2. The minimum absolute atomic E-state index is 0.0398. The van der Waals surface area contributed by atoms with Gasteiger partial charge < -0.3 is 10.0 Å². The monoisotopic (exact) mass is 349 g/mol. The van der Waals surface area contributed by atoms with E-state index in [0.29, 0.717) is 34.4 Å². The van der Waals surface area contributed by atoms with Crippen molar-refractivity contribution in [2.24, 2.45) is 0 Å². The minimum atomic E-state index is -4.40. The molecule has 2 aromatic heterocycles. The molecule has 0 spiro atoms. The lowest BCUT2D eigenvalue weighted by Gasteiger charge is -2.22. The molecule has 10 heteroatoms. The van der Waals surface area contributed by atoms with Crippen molar-refractivity contribution in [3.63, 3.8) is 0 Å². The van der Waals surface area contributed by atoms with Crippen LogP contribution in [0.15, 0.2) is 11.6 Å². The maximum absolute atomic E-state index is 12.7. The van der Waals surface area contributed by atoms with Gasteiger partial charge in [0.2, 0.25) is 0 Å². The van der Waals surface area contributed by atoms with E-state index in [0.717, 1.165) is 12.6 Å². The van der Waals surface area contributed by atoms with Crippen molar-refractivity contribution in [3.8, 4) is 0 Å². The van der Waals surface area contributed by atoms with E-state index >= 15 is 0 Å². The highest BCUT2D eigenvalue weighted by molar-refractivity contribution is 7.15. The first-order valence-electron chi connectivity index (χ1n) is 6.34. The Morgan fingerprint density at radius 1 is 1.45 bits per heavy atom. The average molecular weight is 349 g/mol. The molecule has 3 heterocycles. The van der Waals surface area contributed by atoms with Crippen LogP contribution in [0.1, 0.15) is 39.3 Å². The first-order chi connectivity index (χ1) is 10.4. The molecule has 118 valence electrons. The highest BCUT2D eigenvalue weighted by Crippen LogP contribution is 2.42. The number of hydrogen-bond donors (Lipinski definition) is 1. The maximum Gasteiger partial charge on any atom is 0.427 e. The van der Waals surface area contributed by atoms with Gasteiger partial charge in [-0.25, -0.2) is 14.8 Å². The number of thiazole rings is 2. The Kier molecular flexibility index (Phi) is 3.81. The van der Waals surface area contributed by atoms with Crippen LogP contribution in [0, 0.1) is 0 Å². The molecule has 0 saturated carbocycles. The third-order valence-electron chi connectivity index (χ3n) is 3.30. The SMILES string of the molecule is O=C(O)c1csc([C@@H]2CCCN2c2ncc(C(F)(F)F)s2)n1. The number of anilines is 1. The second kappa shape index (κ2) is 5.51. The van der Waals surface area contributed by atoms with Crippen LogP contribution in [0.3, 0.4) is 0 Å². The Labute approximate surface area is 131 Å². The number of nitrogens with zero attached hydrogens (tertiary/aromatic N) is 3. The summed E-state index contributed by atoms with van der Waals surface area (Å²) in [5, 5.41) is 11.2. The number of halogens is 3. The summed E-state index contributed by atoms with van der Waals surface area (Å²) in [7, 11) is 0. The van der Waals surface area contributed by atoms with Gasteiger partial charge in [0.15, 0.2) is 10.8 Å². The Morgan fingerprint density at radius 3 is 2.82 bits per heavy atom. The van der Waals surface area contributed by atoms with Crippen molar-refractivity contribution < 1.29 is 23.1 Å². The molecule has 0 aliphatic carbocycles. The van der Waals surface area contributed by atoms with E-state index < -0.39 is 17.0 Å². The molecule has 1 aliphatic rings. The molecule has 0 aromatic carbocycles. The van der Waals surface area contributed by atoms with Crippen LogP contribution in [-0.2, 0) is 6.18 Å². The summed E-state index contributed by atoms with van der Waals surface area (Å²) in [6.45, 7) is 0.581. The van der Waals surface area contributed by atoms with E-state index in [1.165, 1.54) is 16.7 Å². The van der Waals surface area contributed by atoms with Gasteiger partial charge in [-0.15, -0.1) is 11.3 Å². The van der Waals surface area contributed by atoms with Crippen molar-refractivity contribution in [2.45, 2.75) is 25.1 Å². The Hall–Kier alpha value is -1.68. The summed E-state index contributed by atoms with van der Waals surface area (Å²) in [6.07, 6.45) is -2.05. The van der Waals surface area contributed by atoms with Gasteiger partial charge in [-0.2, -0.15) is 13.2 Å². The summed E-state index contributed by atoms with van der Waals surface area (Å²) in [4.78, 5) is 19.8. The molecule has 1 aliphatic heterocycles. The molecule has 3 rings (SSSR count). The van der Waals surface area contributed by atoms with Gasteiger partial charge >= 0.3 is 12.1 Å². The standard InChI is InChI=1S/C12H10F3N3O2S2/c13-12(14,15)8-4-16-11(22-8)18-3-1-2-7(18)9-17-6(5-21-9)10(19)20/h4-5,7H,1-3H2,(H,19,20)/t7-/m0/s1. The number of hydrogen-bond acceptors (Lipinski definition) is 6. The molecular formula is C12H10F3N3O2S2. The van der Waals surface area contributed by atoms with Crippen LogP contribution in [0.5, 0.6) is 0 Å². The fraction of sp³-hybridized carbons (Fsp3) is 0.417. The highest BCUT2D eigenvalue weighted by Gasteiger charge is 2.36. The van der Waals surface area contributed by atoms with Crippen LogP contribution >= 0.6 is 22.7 Å². The largest absolute Gasteiger partial charge is 0.476 e. The molecule has 1 N–H and O–H groups in total.